The molecule has 35 heavy (non-hydrogen) atoms. The Balaban J connectivity index is 1.47. The first-order valence-corrected chi connectivity index (χ1v) is 11.2. The van der Waals surface area contributed by atoms with Crippen LogP contribution in [0.15, 0.2) is 97.1 Å². The van der Waals surface area contributed by atoms with Gasteiger partial charge in [-0.3, -0.25) is 9.59 Å². The number of rotatable bonds is 8. The van der Waals surface area contributed by atoms with Crippen molar-refractivity contribution in [3.05, 3.63) is 119 Å². The summed E-state index contributed by atoms with van der Waals surface area (Å²) in [6, 6.07) is 29.3. The molecule has 0 aliphatic rings. The third-order valence-electron chi connectivity index (χ3n) is 5.52. The molecule has 0 aromatic heterocycles. The maximum atomic E-state index is 13.0. The predicted molar refractivity (Wildman–Crippen MR) is 137 cm³/mol. The fraction of sp³-hybridized carbons (Fsp3) is 0.103. The number of benzene rings is 4. The van der Waals surface area contributed by atoms with Crippen molar-refractivity contribution in [2.75, 3.05) is 17.7 Å². The Labute approximate surface area is 204 Å². The minimum Gasteiger partial charge on any atom is -0.493 e. The first-order chi connectivity index (χ1) is 17.0. The van der Waals surface area contributed by atoms with E-state index in [1.807, 2.05) is 60.7 Å². The topological polar surface area (TPSA) is 76.7 Å². The van der Waals surface area contributed by atoms with Gasteiger partial charge in [-0.1, -0.05) is 54.6 Å². The molecule has 0 atom stereocenters. The second kappa shape index (κ2) is 11.0. The molecule has 176 valence electrons. The van der Waals surface area contributed by atoms with Gasteiger partial charge in [-0.25, -0.2) is 0 Å². The van der Waals surface area contributed by atoms with Gasteiger partial charge in [0.2, 0.25) is 0 Å². The van der Waals surface area contributed by atoms with Gasteiger partial charge >= 0.3 is 0 Å². The molecule has 0 radical (unpaired) electrons. The van der Waals surface area contributed by atoms with E-state index in [-0.39, 0.29) is 11.8 Å². The lowest BCUT2D eigenvalue weighted by atomic mass is 10.1. The van der Waals surface area contributed by atoms with Crippen LogP contribution in [0.3, 0.4) is 0 Å². The zero-order valence-corrected chi connectivity index (χ0v) is 19.6. The molecule has 0 aliphatic carbocycles. The van der Waals surface area contributed by atoms with Crippen LogP contribution in [0, 0.1) is 6.92 Å². The van der Waals surface area contributed by atoms with E-state index in [2.05, 4.69) is 10.6 Å². The number of carbonyl (C=O) groups excluding carboxylic acids is 2. The smallest absolute Gasteiger partial charge is 0.256 e. The van der Waals surface area contributed by atoms with E-state index in [1.54, 1.807) is 43.3 Å². The molecule has 2 N–H and O–H groups in total. The van der Waals surface area contributed by atoms with Crippen LogP contribution < -0.4 is 20.1 Å². The summed E-state index contributed by atoms with van der Waals surface area (Å²) in [7, 11) is 1.53. The zero-order chi connectivity index (χ0) is 24.6. The van der Waals surface area contributed by atoms with Gasteiger partial charge in [-0.15, -0.1) is 0 Å². The van der Waals surface area contributed by atoms with E-state index in [4.69, 9.17) is 9.47 Å². The summed E-state index contributed by atoms with van der Waals surface area (Å²) in [5.74, 6) is 0.443. The lowest BCUT2D eigenvalue weighted by molar-refractivity contribution is 0.101. The van der Waals surface area contributed by atoms with Crippen molar-refractivity contribution in [1.29, 1.82) is 0 Å². The first-order valence-electron chi connectivity index (χ1n) is 11.2. The summed E-state index contributed by atoms with van der Waals surface area (Å²) < 4.78 is 11.3. The summed E-state index contributed by atoms with van der Waals surface area (Å²) >= 11 is 0. The lowest BCUT2D eigenvalue weighted by Gasteiger charge is -2.14. The van der Waals surface area contributed by atoms with E-state index in [9.17, 15) is 9.59 Å². The standard InChI is InChI=1S/C29H26N2O4/c1-20-24(29(33)30-23-12-7-4-8-13-23)14-9-15-25(20)31-28(32)22-16-17-26(27(18-22)34-2)35-19-21-10-5-3-6-11-21/h3-18H,19H2,1-2H3,(H,30,33)(H,31,32). The summed E-state index contributed by atoms with van der Waals surface area (Å²) in [5, 5.41) is 5.77. The Morgan fingerprint density at radius 3 is 2.17 bits per heavy atom. The number of anilines is 2. The first kappa shape index (κ1) is 23.6. The monoisotopic (exact) mass is 466 g/mol. The number of nitrogens with one attached hydrogen (secondary N) is 2. The van der Waals surface area contributed by atoms with Gasteiger partial charge in [-0.2, -0.15) is 0 Å². The number of hydrogen-bond acceptors (Lipinski definition) is 4. The zero-order valence-electron chi connectivity index (χ0n) is 19.6. The van der Waals surface area contributed by atoms with Crippen LogP contribution in [0.2, 0.25) is 0 Å². The van der Waals surface area contributed by atoms with Crippen LogP contribution in [0.5, 0.6) is 11.5 Å². The molecule has 6 nitrogen and oxygen atoms in total. The fourth-order valence-corrected chi connectivity index (χ4v) is 3.59. The van der Waals surface area contributed by atoms with Gasteiger partial charge in [0.15, 0.2) is 11.5 Å². The fourth-order valence-electron chi connectivity index (χ4n) is 3.59. The number of carbonyl (C=O) groups is 2. The molecule has 4 rings (SSSR count). The molecule has 0 bridgehead atoms. The van der Waals surface area contributed by atoms with Gasteiger partial charge in [0.1, 0.15) is 6.61 Å². The number of methoxy groups -OCH3 is 1. The highest BCUT2D eigenvalue weighted by molar-refractivity contribution is 6.09. The van der Waals surface area contributed by atoms with E-state index >= 15 is 0 Å². The third-order valence-corrected chi connectivity index (χ3v) is 5.52. The van der Waals surface area contributed by atoms with Crippen molar-refractivity contribution >= 4 is 23.2 Å². The van der Waals surface area contributed by atoms with Gasteiger partial charge in [0, 0.05) is 22.5 Å². The summed E-state index contributed by atoms with van der Waals surface area (Å²) in [6.45, 7) is 2.19. The number of hydrogen-bond donors (Lipinski definition) is 2. The Kier molecular flexibility index (Phi) is 7.43. The van der Waals surface area contributed by atoms with Crippen molar-refractivity contribution < 1.29 is 19.1 Å². The van der Waals surface area contributed by atoms with Crippen molar-refractivity contribution in [2.45, 2.75) is 13.5 Å². The lowest BCUT2D eigenvalue weighted by Crippen LogP contribution is -2.17. The molecule has 6 heteroatoms. The van der Waals surface area contributed by atoms with Crippen LogP contribution in [0.4, 0.5) is 11.4 Å². The van der Waals surface area contributed by atoms with Gasteiger partial charge in [0.05, 0.1) is 7.11 Å². The Hall–Kier alpha value is -4.58. The van der Waals surface area contributed by atoms with E-state index < -0.39 is 0 Å². The van der Waals surface area contributed by atoms with Crippen molar-refractivity contribution in [3.63, 3.8) is 0 Å². The second-order valence-corrected chi connectivity index (χ2v) is 7.89. The van der Waals surface area contributed by atoms with Crippen LogP contribution in [0.25, 0.3) is 0 Å². The van der Waals surface area contributed by atoms with Crippen LogP contribution in [-0.2, 0) is 6.61 Å². The van der Waals surface area contributed by atoms with Crippen LogP contribution in [0.1, 0.15) is 31.8 Å². The molecule has 2 amide bonds. The molecule has 4 aromatic carbocycles. The molecule has 0 saturated heterocycles. The highest BCUT2D eigenvalue weighted by atomic mass is 16.5. The Morgan fingerprint density at radius 1 is 0.743 bits per heavy atom. The normalized spacial score (nSPS) is 10.3. The molecular weight excluding hydrogens is 440 g/mol. The average Bonchev–Trinajstić information content (AvgIpc) is 2.89. The second-order valence-electron chi connectivity index (χ2n) is 7.89. The Bertz CT molecular complexity index is 1320. The number of ether oxygens (including phenoxy) is 2. The SMILES string of the molecule is COc1cc(C(=O)Nc2cccc(C(=O)Nc3ccccc3)c2C)ccc1OCc1ccccc1. The van der Waals surface area contributed by atoms with E-state index in [0.717, 1.165) is 5.56 Å². The van der Waals surface area contributed by atoms with Crippen molar-refractivity contribution in [1.82, 2.24) is 0 Å². The summed E-state index contributed by atoms with van der Waals surface area (Å²) in [5.41, 5.74) is 3.85. The van der Waals surface area contributed by atoms with Crippen molar-refractivity contribution in [2.24, 2.45) is 0 Å². The molecule has 0 spiro atoms. The highest BCUT2D eigenvalue weighted by Crippen LogP contribution is 2.29. The van der Waals surface area contributed by atoms with Gasteiger partial charge < -0.3 is 20.1 Å². The average molecular weight is 467 g/mol. The molecule has 0 heterocycles. The summed E-state index contributed by atoms with van der Waals surface area (Å²) in [4.78, 5) is 25.8. The minimum absolute atomic E-state index is 0.244. The minimum atomic E-state index is -0.318. The molecule has 0 saturated carbocycles. The maximum Gasteiger partial charge on any atom is 0.256 e. The van der Waals surface area contributed by atoms with Crippen LogP contribution >= 0.6 is 0 Å². The predicted octanol–water partition coefficient (Wildman–Crippen LogP) is 6.09. The molecular formula is C29H26N2O4. The van der Waals surface area contributed by atoms with Crippen LogP contribution in [-0.4, -0.2) is 18.9 Å². The van der Waals surface area contributed by atoms with E-state index in [1.165, 1.54) is 7.11 Å². The number of amides is 2. The van der Waals surface area contributed by atoms with Gasteiger partial charge in [-0.05, 0) is 60.5 Å². The molecule has 0 unspecified atom stereocenters. The quantitative estimate of drug-likeness (QED) is 0.330. The Morgan fingerprint density at radius 2 is 1.46 bits per heavy atom. The van der Waals surface area contributed by atoms with E-state index in [0.29, 0.717) is 46.2 Å². The van der Waals surface area contributed by atoms with Crippen molar-refractivity contribution in [3.8, 4) is 11.5 Å². The van der Waals surface area contributed by atoms with Gasteiger partial charge in [0.25, 0.3) is 11.8 Å². The summed E-state index contributed by atoms with van der Waals surface area (Å²) in [6.07, 6.45) is 0. The maximum absolute atomic E-state index is 13.0. The molecule has 0 aliphatic heterocycles. The third kappa shape index (κ3) is 5.86. The molecule has 4 aromatic rings. The number of para-hydroxylation sites is 1. The largest absolute Gasteiger partial charge is 0.493 e. The molecule has 0 fully saturated rings. The highest BCUT2D eigenvalue weighted by Gasteiger charge is 2.16.